The van der Waals surface area contributed by atoms with Gasteiger partial charge >= 0.3 is 6.18 Å². The van der Waals surface area contributed by atoms with E-state index < -0.39 is 21.8 Å². The van der Waals surface area contributed by atoms with Gasteiger partial charge < -0.3 is 5.32 Å². The van der Waals surface area contributed by atoms with E-state index in [1.54, 1.807) is 12.4 Å². The highest BCUT2D eigenvalue weighted by Crippen LogP contribution is 2.32. The predicted molar refractivity (Wildman–Crippen MR) is 74.6 cm³/mol. The molecule has 0 radical (unpaired) electrons. The quantitative estimate of drug-likeness (QED) is 0.856. The smallest absolute Gasteiger partial charge is 0.315 e. The van der Waals surface area contributed by atoms with Crippen molar-refractivity contribution >= 4 is 21.4 Å². The molecule has 0 aliphatic carbocycles. The molecule has 0 amide bonds. The van der Waals surface area contributed by atoms with Gasteiger partial charge in [-0.05, 0) is 24.9 Å². The summed E-state index contributed by atoms with van der Waals surface area (Å²) in [5.41, 5.74) is -0.658. The first-order valence-electron chi connectivity index (χ1n) is 6.24. The standard InChI is InChI=1S/C12H15F3N2O2S2/c1-16-8-10-11(4-7-20-10)21(18,19)17-5-2-9(3-6-17)12(13,14)15/h2,4,7,16H,3,5-6,8H2,1H3. The number of nitrogens with zero attached hydrogens (tertiary/aromatic N) is 1. The van der Waals surface area contributed by atoms with Crippen molar-refractivity contribution in [3.05, 3.63) is 28.0 Å². The molecule has 0 atom stereocenters. The number of rotatable bonds is 4. The van der Waals surface area contributed by atoms with Crippen LogP contribution in [0.25, 0.3) is 0 Å². The fourth-order valence-electron chi connectivity index (χ4n) is 2.11. The first-order valence-corrected chi connectivity index (χ1v) is 8.56. The van der Waals surface area contributed by atoms with Crippen LogP contribution in [0.2, 0.25) is 0 Å². The third kappa shape index (κ3) is 3.47. The molecule has 9 heteroatoms. The number of alkyl halides is 3. The van der Waals surface area contributed by atoms with Crippen LogP contribution in [0.1, 0.15) is 11.3 Å². The summed E-state index contributed by atoms with van der Waals surface area (Å²) in [5, 5.41) is 4.55. The first kappa shape index (κ1) is 16.5. The van der Waals surface area contributed by atoms with Crippen LogP contribution in [0.15, 0.2) is 28.0 Å². The van der Waals surface area contributed by atoms with Gasteiger partial charge in [0.1, 0.15) is 0 Å². The molecule has 1 aromatic heterocycles. The Hall–Kier alpha value is -0.900. The number of sulfonamides is 1. The van der Waals surface area contributed by atoms with Crippen LogP contribution in [0, 0.1) is 0 Å². The summed E-state index contributed by atoms with van der Waals surface area (Å²) in [6.07, 6.45) is -3.74. The van der Waals surface area contributed by atoms with E-state index in [2.05, 4.69) is 5.32 Å². The van der Waals surface area contributed by atoms with Crippen LogP contribution in [-0.2, 0) is 16.6 Å². The van der Waals surface area contributed by atoms with Crippen molar-refractivity contribution in [1.29, 1.82) is 0 Å². The van der Waals surface area contributed by atoms with Crippen LogP contribution in [-0.4, -0.2) is 39.0 Å². The Balaban J connectivity index is 2.23. The van der Waals surface area contributed by atoms with Gasteiger partial charge in [0.25, 0.3) is 0 Å². The minimum atomic E-state index is -4.38. The first-order chi connectivity index (χ1) is 9.76. The Labute approximate surface area is 125 Å². The molecule has 0 aromatic carbocycles. The molecule has 0 spiro atoms. The van der Waals surface area contributed by atoms with E-state index in [1.165, 1.54) is 17.4 Å². The van der Waals surface area contributed by atoms with E-state index in [-0.39, 0.29) is 24.4 Å². The van der Waals surface area contributed by atoms with Gasteiger partial charge in [-0.1, -0.05) is 6.08 Å². The number of halogens is 3. The minimum Gasteiger partial charge on any atom is -0.315 e. The lowest BCUT2D eigenvalue weighted by Gasteiger charge is -2.26. The lowest BCUT2D eigenvalue weighted by Crippen LogP contribution is -2.37. The van der Waals surface area contributed by atoms with E-state index in [0.29, 0.717) is 11.4 Å². The number of nitrogens with one attached hydrogen (secondary N) is 1. The molecule has 0 bridgehead atoms. The van der Waals surface area contributed by atoms with Gasteiger partial charge in [0.2, 0.25) is 10.0 Å². The highest BCUT2D eigenvalue weighted by Gasteiger charge is 2.37. The molecule has 0 unspecified atom stereocenters. The maximum absolute atomic E-state index is 12.6. The van der Waals surface area contributed by atoms with Crippen molar-refractivity contribution in [2.75, 3.05) is 20.1 Å². The average molecular weight is 340 g/mol. The topological polar surface area (TPSA) is 49.4 Å². The van der Waals surface area contributed by atoms with Crippen LogP contribution in [0.3, 0.4) is 0 Å². The maximum atomic E-state index is 12.6. The summed E-state index contributed by atoms with van der Waals surface area (Å²) in [6, 6.07) is 1.50. The molecule has 118 valence electrons. The molecule has 0 saturated carbocycles. The molecule has 1 aliphatic heterocycles. The molecular formula is C12H15F3N2O2S2. The lowest BCUT2D eigenvalue weighted by atomic mass is 10.1. The zero-order valence-electron chi connectivity index (χ0n) is 11.3. The van der Waals surface area contributed by atoms with E-state index in [0.717, 1.165) is 10.4 Å². The molecular weight excluding hydrogens is 325 g/mol. The van der Waals surface area contributed by atoms with Crippen molar-refractivity contribution in [3.63, 3.8) is 0 Å². The van der Waals surface area contributed by atoms with Crippen molar-refractivity contribution < 1.29 is 21.6 Å². The zero-order valence-corrected chi connectivity index (χ0v) is 12.9. The number of thiophene rings is 1. The molecule has 1 aromatic rings. The fraction of sp³-hybridized carbons (Fsp3) is 0.500. The summed E-state index contributed by atoms with van der Waals surface area (Å²) >= 11 is 1.31. The highest BCUT2D eigenvalue weighted by atomic mass is 32.2. The summed E-state index contributed by atoms with van der Waals surface area (Å²) in [5.74, 6) is 0. The second kappa shape index (κ2) is 6.07. The molecule has 4 nitrogen and oxygen atoms in total. The largest absolute Gasteiger partial charge is 0.412 e. The van der Waals surface area contributed by atoms with Gasteiger partial charge in [-0.25, -0.2) is 8.42 Å². The fourth-order valence-corrected chi connectivity index (χ4v) is 4.92. The molecule has 2 heterocycles. The van der Waals surface area contributed by atoms with Crippen molar-refractivity contribution in [3.8, 4) is 0 Å². The molecule has 1 aliphatic rings. The maximum Gasteiger partial charge on any atom is 0.412 e. The molecule has 21 heavy (non-hydrogen) atoms. The van der Waals surface area contributed by atoms with Crippen molar-refractivity contribution in [2.45, 2.75) is 24.0 Å². The summed E-state index contributed by atoms with van der Waals surface area (Å²) in [4.78, 5) is 0.828. The second-order valence-corrected chi connectivity index (χ2v) is 7.49. The van der Waals surface area contributed by atoms with Gasteiger partial charge in [-0.2, -0.15) is 17.5 Å². The Bertz CT molecular complexity index is 635. The van der Waals surface area contributed by atoms with E-state index >= 15 is 0 Å². The van der Waals surface area contributed by atoms with Gasteiger partial charge in [-0.3, -0.25) is 0 Å². The van der Waals surface area contributed by atoms with Crippen LogP contribution in [0.5, 0.6) is 0 Å². The highest BCUT2D eigenvalue weighted by molar-refractivity contribution is 7.89. The number of hydrogen-bond donors (Lipinski definition) is 1. The average Bonchev–Trinajstić information content (AvgIpc) is 2.87. The van der Waals surface area contributed by atoms with E-state index in [1.807, 2.05) is 0 Å². The Kier molecular flexibility index (Phi) is 4.76. The third-order valence-electron chi connectivity index (χ3n) is 3.20. The Morgan fingerprint density at radius 3 is 2.67 bits per heavy atom. The van der Waals surface area contributed by atoms with Crippen LogP contribution < -0.4 is 5.32 Å². The SMILES string of the molecule is CNCc1sccc1S(=O)(=O)N1CC=C(C(F)(F)F)CC1. The van der Waals surface area contributed by atoms with Crippen molar-refractivity contribution in [1.82, 2.24) is 9.62 Å². The Morgan fingerprint density at radius 2 is 2.14 bits per heavy atom. The zero-order chi connectivity index (χ0) is 15.7. The third-order valence-corrected chi connectivity index (χ3v) is 6.20. The Morgan fingerprint density at radius 1 is 1.43 bits per heavy atom. The monoisotopic (exact) mass is 340 g/mol. The molecule has 0 fully saturated rings. The number of hydrogen-bond acceptors (Lipinski definition) is 4. The normalized spacial score (nSPS) is 17.8. The van der Waals surface area contributed by atoms with Gasteiger partial charge in [0.05, 0.1) is 4.90 Å². The van der Waals surface area contributed by atoms with Crippen LogP contribution in [0.4, 0.5) is 13.2 Å². The summed E-state index contributed by atoms with van der Waals surface area (Å²) < 4.78 is 63.8. The predicted octanol–water partition coefficient (Wildman–Crippen LogP) is 2.35. The second-order valence-electron chi connectivity index (χ2n) is 4.58. The molecule has 2 rings (SSSR count). The van der Waals surface area contributed by atoms with E-state index in [9.17, 15) is 21.6 Å². The van der Waals surface area contributed by atoms with Gasteiger partial charge in [-0.15, -0.1) is 11.3 Å². The van der Waals surface area contributed by atoms with Gasteiger partial charge in [0, 0.05) is 30.1 Å². The summed E-state index contributed by atoms with van der Waals surface area (Å²) in [7, 11) is -2.04. The van der Waals surface area contributed by atoms with E-state index in [4.69, 9.17) is 0 Å². The van der Waals surface area contributed by atoms with Crippen LogP contribution >= 0.6 is 11.3 Å². The van der Waals surface area contributed by atoms with Crippen molar-refractivity contribution in [2.24, 2.45) is 0 Å². The molecule has 0 saturated heterocycles. The summed E-state index contributed by atoms with van der Waals surface area (Å²) in [6.45, 7) is 0.0121. The molecule has 1 N–H and O–H groups in total. The van der Waals surface area contributed by atoms with Gasteiger partial charge in [0.15, 0.2) is 0 Å². The lowest BCUT2D eigenvalue weighted by molar-refractivity contribution is -0.0953. The minimum absolute atomic E-state index is 0.150.